The summed E-state index contributed by atoms with van der Waals surface area (Å²) in [6.45, 7) is 4.46. The maximum atomic E-state index is 6.13. The molecule has 19 heavy (non-hydrogen) atoms. The minimum Gasteiger partial charge on any atom is -0.459 e. The Morgan fingerprint density at radius 3 is 2.68 bits per heavy atom. The third-order valence-corrected chi connectivity index (χ3v) is 4.58. The molecule has 1 aliphatic rings. The Balaban J connectivity index is 2.18. The van der Waals surface area contributed by atoms with Crippen LogP contribution in [0.15, 0.2) is 51.4 Å². The van der Waals surface area contributed by atoms with Crippen LogP contribution in [0, 0.1) is 0 Å². The molecule has 0 saturated carbocycles. The van der Waals surface area contributed by atoms with Crippen LogP contribution in [0.2, 0.25) is 0 Å². The van der Waals surface area contributed by atoms with E-state index in [9.17, 15) is 0 Å². The van der Waals surface area contributed by atoms with Gasteiger partial charge in [-0.1, -0.05) is 40.2 Å². The highest BCUT2D eigenvalue weighted by Gasteiger charge is 2.40. The lowest BCUT2D eigenvalue weighted by Crippen LogP contribution is -2.14. The fraction of sp³-hybridized carbons (Fsp3) is 0.176. The van der Waals surface area contributed by atoms with E-state index in [0.29, 0.717) is 0 Å². The number of para-hydroxylation sites is 1. The summed E-state index contributed by atoms with van der Waals surface area (Å²) in [7, 11) is 0. The molecule has 0 atom stereocenters. The number of hydrogen-bond acceptors (Lipinski definition) is 1. The second kappa shape index (κ2) is 3.51. The Hall–Kier alpha value is -1.54. The molecule has 0 bridgehead atoms. The molecule has 0 unspecified atom stereocenters. The molecule has 1 aliphatic carbocycles. The molecule has 1 aromatic heterocycles. The minimum absolute atomic E-state index is 0.0759. The third-order valence-electron chi connectivity index (χ3n) is 4.09. The van der Waals surface area contributed by atoms with Crippen molar-refractivity contribution in [1.29, 1.82) is 0 Å². The van der Waals surface area contributed by atoms with E-state index in [2.05, 4.69) is 60.1 Å². The van der Waals surface area contributed by atoms with E-state index in [4.69, 9.17) is 4.42 Å². The highest BCUT2D eigenvalue weighted by atomic mass is 79.9. The Bertz CT molecular complexity index is 811. The van der Waals surface area contributed by atoms with E-state index in [1.54, 1.807) is 0 Å². The molecule has 0 saturated heterocycles. The Kier molecular flexibility index (Phi) is 2.09. The van der Waals surface area contributed by atoms with Crippen LogP contribution in [-0.4, -0.2) is 0 Å². The van der Waals surface area contributed by atoms with Gasteiger partial charge in [-0.3, -0.25) is 0 Å². The molecule has 1 nitrogen and oxygen atoms in total. The predicted molar refractivity (Wildman–Crippen MR) is 81.5 cm³/mol. The van der Waals surface area contributed by atoms with Crippen molar-refractivity contribution in [2.45, 2.75) is 19.3 Å². The van der Waals surface area contributed by atoms with Gasteiger partial charge in [0.05, 0.1) is 0 Å². The quantitative estimate of drug-likeness (QED) is 0.534. The van der Waals surface area contributed by atoms with Gasteiger partial charge in [0.25, 0.3) is 0 Å². The van der Waals surface area contributed by atoms with Gasteiger partial charge in [-0.05, 0) is 43.2 Å². The lowest BCUT2D eigenvalue weighted by molar-refractivity contribution is 0.464. The molecular formula is C17H13BrO. The van der Waals surface area contributed by atoms with Crippen molar-refractivity contribution in [2.24, 2.45) is 0 Å². The van der Waals surface area contributed by atoms with E-state index in [1.807, 2.05) is 12.1 Å². The summed E-state index contributed by atoms with van der Waals surface area (Å²) in [4.78, 5) is 0. The van der Waals surface area contributed by atoms with Crippen LogP contribution in [0.5, 0.6) is 0 Å². The zero-order valence-corrected chi connectivity index (χ0v) is 12.4. The van der Waals surface area contributed by atoms with E-state index in [-0.39, 0.29) is 5.41 Å². The summed E-state index contributed by atoms with van der Waals surface area (Å²) in [5.41, 5.74) is 4.81. The molecule has 0 N–H and O–H groups in total. The summed E-state index contributed by atoms with van der Waals surface area (Å²) >= 11 is 3.57. The first-order chi connectivity index (χ1) is 9.09. The van der Waals surface area contributed by atoms with Gasteiger partial charge < -0.3 is 4.42 Å². The first kappa shape index (κ1) is 11.3. The van der Waals surface area contributed by atoms with Crippen LogP contribution in [0.1, 0.15) is 25.2 Å². The second-order valence-electron chi connectivity index (χ2n) is 5.62. The molecule has 2 heteroatoms. The third kappa shape index (κ3) is 1.35. The number of halogens is 1. The normalized spacial score (nSPS) is 15.5. The second-order valence-corrected chi connectivity index (χ2v) is 6.53. The SMILES string of the molecule is CC1(C)c2cc(Br)ccc2-c2c1oc1ccccc21. The molecule has 0 aliphatic heterocycles. The first-order valence-corrected chi connectivity index (χ1v) is 7.21. The summed E-state index contributed by atoms with van der Waals surface area (Å²) in [6.07, 6.45) is 0. The van der Waals surface area contributed by atoms with Gasteiger partial charge in [0.2, 0.25) is 0 Å². The van der Waals surface area contributed by atoms with Crippen LogP contribution in [-0.2, 0) is 5.41 Å². The Labute approximate surface area is 120 Å². The highest BCUT2D eigenvalue weighted by molar-refractivity contribution is 9.10. The topological polar surface area (TPSA) is 13.1 Å². The molecule has 2 aromatic carbocycles. The maximum Gasteiger partial charge on any atom is 0.134 e. The van der Waals surface area contributed by atoms with E-state index >= 15 is 0 Å². The van der Waals surface area contributed by atoms with Gasteiger partial charge in [-0.15, -0.1) is 0 Å². The van der Waals surface area contributed by atoms with Gasteiger partial charge >= 0.3 is 0 Å². The highest BCUT2D eigenvalue weighted by Crippen LogP contribution is 2.53. The minimum atomic E-state index is -0.0759. The standard InChI is InChI=1S/C17H13BrO/c1-17(2)13-9-10(18)7-8-11(13)15-12-5-3-4-6-14(12)19-16(15)17/h3-9H,1-2H3. The number of rotatable bonds is 0. The summed E-state index contributed by atoms with van der Waals surface area (Å²) < 4.78 is 7.25. The largest absolute Gasteiger partial charge is 0.459 e. The van der Waals surface area contributed by atoms with Gasteiger partial charge in [0.15, 0.2) is 0 Å². The fourth-order valence-corrected chi connectivity index (χ4v) is 3.49. The molecular weight excluding hydrogens is 300 g/mol. The van der Waals surface area contributed by atoms with Crippen LogP contribution in [0.25, 0.3) is 22.1 Å². The van der Waals surface area contributed by atoms with Gasteiger partial charge in [0.1, 0.15) is 11.3 Å². The van der Waals surface area contributed by atoms with E-state index in [0.717, 1.165) is 15.8 Å². The van der Waals surface area contributed by atoms with Crippen LogP contribution < -0.4 is 0 Å². The zero-order valence-electron chi connectivity index (χ0n) is 10.8. The molecule has 0 fully saturated rings. The van der Waals surface area contributed by atoms with Crippen molar-refractivity contribution >= 4 is 26.9 Å². The van der Waals surface area contributed by atoms with Crippen LogP contribution in [0.4, 0.5) is 0 Å². The molecule has 4 rings (SSSR count). The van der Waals surface area contributed by atoms with Crippen molar-refractivity contribution in [1.82, 2.24) is 0 Å². The first-order valence-electron chi connectivity index (χ1n) is 6.41. The van der Waals surface area contributed by atoms with Crippen LogP contribution in [0.3, 0.4) is 0 Å². The average molecular weight is 313 g/mol. The van der Waals surface area contributed by atoms with Crippen molar-refractivity contribution in [2.75, 3.05) is 0 Å². The smallest absolute Gasteiger partial charge is 0.134 e. The summed E-state index contributed by atoms with van der Waals surface area (Å²) in [5.74, 6) is 1.08. The number of hydrogen-bond donors (Lipinski definition) is 0. The average Bonchev–Trinajstić information content (AvgIpc) is 2.87. The lowest BCUT2D eigenvalue weighted by Gasteiger charge is -2.19. The van der Waals surface area contributed by atoms with Gasteiger partial charge in [-0.25, -0.2) is 0 Å². The Morgan fingerprint density at radius 2 is 1.84 bits per heavy atom. The van der Waals surface area contributed by atoms with Crippen molar-refractivity contribution in [3.05, 3.63) is 58.3 Å². The van der Waals surface area contributed by atoms with Crippen molar-refractivity contribution in [3.63, 3.8) is 0 Å². The van der Waals surface area contributed by atoms with Crippen LogP contribution >= 0.6 is 15.9 Å². The lowest BCUT2D eigenvalue weighted by atomic mass is 9.86. The van der Waals surface area contributed by atoms with Gasteiger partial charge in [0, 0.05) is 20.8 Å². The van der Waals surface area contributed by atoms with Gasteiger partial charge in [-0.2, -0.15) is 0 Å². The monoisotopic (exact) mass is 312 g/mol. The van der Waals surface area contributed by atoms with Crippen molar-refractivity contribution in [3.8, 4) is 11.1 Å². The molecule has 0 radical (unpaired) electrons. The fourth-order valence-electron chi connectivity index (χ4n) is 3.13. The number of fused-ring (bicyclic) bond motifs is 5. The van der Waals surface area contributed by atoms with E-state index in [1.165, 1.54) is 22.1 Å². The molecule has 1 heterocycles. The summed E-state index contributed by atoms with van der Waals surface area (Å²) in [5, 5.41) is 1.21. The molecule has 0 spiro atoms. The maximum absolute atomic E-state index is 6.13. The van der Waals surface area contributed by atoms with Crippen molar-refractivity contribution < 1.29 is 4.42 Å². The molecule has 3 aromatic rings. The predicted octanol–water partition coefficient (Wildman–Crippen LogP) is 5.50. The molecule has 0 amide bonds. The number of benzene rings is 2. The zero-order chi connectivity index (χ0) is 13.2. The Morgan fingerprint density at radius 1 is 1.05 bits per heavy atom. The summed E-state index contributed by atoms with van der Waals surface area (Å²) in [6, 6.07) is 14.8. The molecule has 94 valence electrons. The number of furan rings is 1. The van der Waals surface area contributed by atoms with E-state index < -0.39 is 0 Å².